The van der Waals surface area contributed by atoms with Gasteiger partial charge in [-0.3, -0.25) is 48.3 Å². The molecule has 2 fully saturated rings. The third-order valence-corrected chi connectivity index (χ3v) is 13.9. The number of aromatic nitrogens is 1. The molecular weight excluding hydrogens is 899 g/mol. The molecule has 2 unspecified atom stereocenters. The number of carbonyl (C=O) groups excluding carboxylic acids is 1. The molecule has 5 aliphatic heterocycles. The Balaban J connectivity index is 0.00000793. The summed E-state index contributed by atoms with van der Waals surface area (Å²) in [6.45, 7) is 6.42. The van der Waals surface area contributed by atoms with Crippen LogP contribution in [0.2, 0.25) is 0 Å². The number of fused-ring (bicyclic) bond motifs is 5. The molecule has 6 rings (SSSR count). The molecule has 5 aliphatic rings. The van der Waals surface area contributed by atoms with Crippen molar-refractivity contribution in [2.24, 2.45) is 38.1 Å². The number of allylic oxidation sites excluding steroid dienone is 3. The maximum atomic E-state index is 13.6. The van der Waals surface area contributed by atoms with Crippen molar-refractivity contribution >= 4 is 65.3 Å². The number of ether oxygens (including phenoxy) is 1. The average molecular weight is 950 g/mol. The third-order valence-electron chi connectivity index (χ3n) is 13.9. The van der Waals surface area contributed by atoms with Crippen molar-refractivity contribution in [2.45, 2.75) is 123 Å². The first-order valence-corrected chi connectivity index (χ1v) is 20.8. The number of hydrogen-bond donors (Lipinski definition) is 7. The van der Waals surface area contributed by atoms with Crippen molar-refractivity contribution in [3.8, 4) is 0 Å². The van der Waals surface area contributed by atoms with Gasteiger partial charge in [0.25, 0.3) is 0 Å². The molecule has 1 radical (unpaired) electrons. The number of carbonyl (C=O) groups is 8. The quantitative estimate of drug-likeness (QED) is 0.0997. The summed E-state index contributed by atoms with van der Waals surface area (Å²) in [5, 5.41) is 76.1. The molecule has 20 nitrogen and oxygen atoms in total. The first-order chi connectivity index (χ1) is 29.9. The van der Waals surface area contributed by atoms with Crippen molar-refractivity contribution in [1.82, 2.24) is 4.98 Å². The van der Waals surface area contributed by atoms with Gasteiger partial charge in [0.2, 0.25) is 0 Å². The van der Waals surface area contributed by atoms with Gasteiger partial charge in [-0.1, -0.05) is 38.5 Å². The molecule has 21 heteroatoms. The van der Waals surface area contributed by atoms with E-state index in [4.69, 9.17) is 25.0 Å². The van der Waals surface area contributed by atoms with Gasteiger partial charge in [0.1, 0.15) is 0 Å². The van der Waals surface area contributed by atoms with Gasteiger partial charge >= 0.3 is 47.8 Å². The van der Waals surface area contributed by atoms with E-state index in [9.17, 15) is 74.1 Å². The zero-order valence-electron chi connectivity index (χ0n) is 36.0. The van der Waals surface area contributed by atoms with Gasteiger partial charge in [-0.15, -0.1) is 5.69 Å². The molecule has 1 aromatic heterocycles. The van der Waals surface area contributed by atoms with E-state index in [-0.39, 0.29) is 112 Å². The van der Waals surface area contributed by atoms with Crippen LogP contribution in [-0.4, -0.2) is 107 Å². The van der Waals surface area contributed by atoms with E-state index in [0.717, 1.165) is 0 Å². The van der Waals surface area contributed by atoms with Crippen molar-refractivity contribution in [3.63, 3.8) is 0 Å². The van der Waals surface area contributed by atoms with Gasteiger partial charge in [0.05, 0.1) is 31.8 Å². The first-order valence-electron chi connectivity index (χ1n) is 20.8. The number of rotatable bonds is 18. The van der Waals surface area contributed by atoms with E-state index in [1.807, 2.05) is 0 Å². The topological polar surface area (TPSA) is 340 Å². The van der Waals surface area contributed by atoms with Crippen LogP contribution in [0.15, 0.2) is 38.7 Å². The molecule has 1 spiro atoms. The Morgan fingerprint density at radius 2 is 1.35 bits per heavy atom. The summed E-state index contributed by atoms with van der Waals surface area (Å²) in [7, 11) is 0. The molecule has 0 saturated carbocycles. The number of hydrogen-bond acceptors (Lipinski definition) is 11. The van der Waals surface area contributed by atoms with Crippen LogP contribution in [0.1, 0.15) is 114 Å². The summed E-state index contributed by atoms with van der Waals surface area (Å²) in [6.07, 6.45) is -3.50. The molecule has 0 aromatic carbocycles. The van der Waals surface area contributed by atoms with E-state index in [1.165, 1.54) is 19.1 Å². The van der Waals surface area contributed by atoms with Crippen LogP contribution >= 0.6 is 0 Å². The Hall–Kier alpha value is -6.09. The van der Waals surface area contributed by atoms with Crippen LogP contribution in [0.3, 0.4) is 0 Å². The number of cyclic esters (lactones) is 1. The Morgan fingerprint density at radius 1 is 0.754 bits per heavy atom. The molecule has 1 aromatic rings. The van der Waals surface area contributed by atoms with Crippen molar-refractivity contribution in [1.29, 1.82) is 0 Å². The molecule has 353 valence electrons. The van der Waals surface area contributed by atoms with Crippen molar-refractivity contribution in [2.75, 3.05) is 0 Å². The van der Waals surface area contributed by atoms with Crippen LogP contribution < -0.4 is 4.98 Å². The summed E-state index contributed by atoms with van der Waals surface area (Å²) in [5.74, 6) is -11.3. The minimum absolute atomic E-state index is 0. The maximum absolute atomic E-state index is 13.6. The van der Waals surface area contributed by atoms with E-state index in [0.29, 0.717) is 0 Å². The van der Waals surface area contributed by atoms with Gasteiger partial charge < -0.3 is 50.8 Å². The first kappa shape index (κ1) is 49.9. The van der Waals surface area contributed by atoms with Crippen LogP contribution in [0, 0.1) is 28.1 Å². The van der Waals surface area contributed by atoms with Gasteiger partial charge in [0.15, 0.2) is 0 Å². The van der Waals surface area contributed by atoms with Gasteiger partial charge in [-0.25, -0.2) is 0 Å². The number of carboxylic acids is 7. The SMILES string of the molecule is CC1OC(=O)C[C@@]2(C)[C@H](CCC(=O)O)/C3=C/C4=NC(=C\c5[n-]c(c(CCC(=O)O)c5CC(=O)O)CC5=NC(=C(CC(=O)O)[C@@]5(C)CCC(=O)O)C12[N-]3)/[C@@H](CCC(=O)O)[C@]4(C)CC(=O)O.[Co]. The normalized spacial score (nSPS) is 30.3. The summed E-state index contributed by atoms with van der Waals surface area (Å²) in [6, 6.07) is 0. The number of aliphatic carboxylic acids is 7. The minimum Gasteiger partial charge on any atom is -0.674 e. The number of nitrogens with zero attached hydrogens (tertiary/aromatic N) is 4. The van der Waals surface area contributed by atoms with Crippen LogP contribution in [0.25, 0.3) is 11.4 Å². The fourth-order valence-electron chi connectivity index (χ4n) is 10.8. The second kappa shape index (κ2) is 18.4. The van der Waals surface area contributed by atoms with Crippen molar-refractivity contribution in [3.05, 3.63) is 56.6 Å². The average Bonchev–Trinajstić information content (AvgIpc) is 3.78. The van der Waals surface area contributed by atoms with Crippen molar-refractivity contribution < 1.29 is 95.6 Å². The monoisotopic (exact) mass is 949 g/mol. The Labute approximate surface area is 382 Å². The Kier molecular flexibility index (Phi) is 14.1. The number of aliphatic imine (C=N–C) groups is 2. The van der Waals surface area contributed by atoms with Crippen LogP contribution in [0.4, 0.5) is 0 Å². The maximum Gasteiger partial charge on any atom is 0.307 e. The Morgan fingerprint density at radius 3 is 1.92 bits per heavy atom. The third kappa shape index (κ3) is 9.12. The summed E-state index contributed by atoms with van der Waals surface area (Å²) >= 11 is 0. The van der Waals surface area contributed by atoms with Gasteiger partial charge in [-0.05, 0) is 67.0 Å². The summed E-state index contributed by atoms with van der Waals surface area (Å²) < 4.78 is 5.93. The van der Waals surface area contributed by atoms with Gasteiger partial charge in [-0.2, -0.15) is 11.4 Å². The fourth-order valence-corrected chi connectivity index (χ4v) is 10.8. The Bertz CT molecular complexity index is 2410. The number of esters is 1. The second-order valence-corrected chi connectivity index (χ2v) is 17.9. The molecule has 8 bridgehead atoms. The zero-order chi connectivity index (χ0) is 47.3. The molecule has 7 atom stereocenters. The largest absolute Gasteiger partial charge is 0.674 e. The van der Waals surface area contributed by atoms with E-state index in [1.54, 1.807) is 20.8 Å². The fraction of sp³-hybridized carbons (Fsp3) is 0.545. The molecule has 0 amide bonds. The molecule has 0 aliphatic carbocycles. The predicted octanol–water partition coefficient (Wildman–Crippen LogP) is 4.49. The standard InChI is InChI=1S/C44H51N4O16.Co/c1-20-44-40-25(14-37(59)60)41(2,12-11-35(55)56)30(47-40)16-27-21(5-8-32(49)50)22(13-36(57)58)26(45-27)15-28-23(6-9-33(51)52)42(3,18-38(61)62)31(46-28)17-29(48-44)24(7-10-34(53)54)43(44,4)19-39(63)64-20;/h15,17,20,23-24H,5-14,16,18-19H2,1-4H3,(H8,46,48,49,50,51,52,53,54,55,56,57,58,59,60,61,62);/q-1;/p-1/b28-15-;/t20?,23-,24-,41-,42+,43+,44?;/m1./s1. The molecule has 6 heterocycles. The van der Waals surface area contributed by atoms with Gasteiger partial charge in [0, 0.05) is 82.0 Å². The van der Waals surface area contributed by atoms with Crippen LogP contribution in [0.5, 0.6) is 0 Å². The molecule has 7 N–H and O–H groups in total. The zero-order valence-corrected chi connectivity index (χ0v) is 37.0. The van der Waals surface area contributed by atoms with E-state index < -0.39 is 132 Å². The molecule has 65 heavy (non-hydrogen) atoms. The molecule has 2 saturated heterocycles. The minimum atomic E-state index is -1.79. The number of carboxylic acid groups (broad SMARTS) is 7. The second-order valence-electron chi connectivity index (χ2n) is 17.9. The van der Waals surface area contributed by atoms with E-state index in [2.05, 4.69) is 0 Å². The molecular formula is C44H50CoN4O16-2. The smallest absolute Gasteiger partial charge is 0.307 e. The predicted molar refractivity (Wildman–Crippen MR) is 221 cm³/mol. The summed E-state index contributed by atoms with van der Waals surface area (Å²) in [5.41, 5.74) is -5.03. The van der Waals surface area contributed by atoms with E-state index >= 15 is 0 Å². The summed E-state index contributed by atoms with van der Waals surface area (Å²) in [4.78, 5) is 115. The van der Waals surface area contributed by atoms with Crippen LogP contribution in [-0.2, 0) is 79.1 Å².